The monoisotopic (exact) mass is 278 g/mol. The van der Waals surface area contributed by atoms with Gasteiger partial charge in [-0.05, 0) is 37.7 Å². The van der Waals surface area contributed by atoms with Crippen LogP contribution in [0.4, 0.5) is 0 Å². The van der Waals surface area contributed by atoms with Gasteiger partial charge >= 0.3 is 0 Å². The van der Waals surface area contributed by atoms with Crippen LogP contribution in [0.25, 0.3) is 11.0 Å². The Balaban J connectivity index is 2.37. The fourth-order valence-corrected chi connectivity index (χ4v) is 2.93. The Bertz CT molecular complexity index is 600. The minimum Gasteiger partial charge on any atom is -0.494 e. The quantitative estimate of drug-likeness (QED) is 0.604. The number of ether oxygens (including phenoxy) is 1. The van der Waals surface area contributed by atoms with Crippen molar-refractivity contribution in [1.82, 2.24) is 9.55 Å². The minimum atomic E-state index is 0.417. The average Bonchev–Trinajstić information content (AvgIpc) is 2.74. The molecule has 0 aliphatic carbocycles. The number of imidazole rings is 1. The maximum absolute atomic E-state index is 5.47. The molecule has 0 aliphatic rings. The van der Waals surface area contributed by atoms with Crippen LogP contribution in [0.2, 0.25) is 0 Å². The van der Waals surface area contributed by atoms with E-state index >= 15 is 0 Å². The zero-order valence-corrected chi connectivity index (χ0v) is 12.7. The lowest BCUT2D eigenvalue weighted by Crippen LogP contribution is -2.05. The molecule has 2 rings (SSSR count). The second-order valence-electron chi connectivity index (χ2n) is 5.00. The standard InChI is InChI=1S/C15H22N2OS/c1-4-5-6-8-11(2)17-12-9-7-10-13(18-3)14(12)16-15(17)19/h7,9-11H,4-6,8H2,1-3H3,(H,16,19). The third-order valence-corrected chi connectivity index (χ3v) is 3.90. The highest BCUT2D eigenvalue weighted by molar-refractivity contribution is 7.71. The number of aromatic nitrogens is 2. The van der Waals surface area contributed by atoms with Gasteiger partial charge in [0.1, 0.15) is 11.3 Å². The molecule has 104 valence electrons. The molecule has 1 aromatic carbocycles. The number of nitrogens with zero attached hydrogens (tertiary/aromatic N) is 1. The third-order valence-electron chi connectivity index (χ3n) is 3.60. The Morgan fingerprint density at radius 3 is 2.84 bits per heavy atom. The largest absolute Gasteiger partial charge is 0.494 e. The number of fused-ring (bicyclic) bond motifs is 1. The number of aromatic amines is 1. The van der Waals surface area contributed by atoms with Crippen molar-refractivity contribution in [2.75, 3.05) is 7.11 Å². The van der Waals surface area contributed by atoms with Crippen molar-refractivity contribution < 1.29 is 4.74 Å². The molecular weight excluding hydrogens is 256 g/mol. The van der Waals surface area contributed by atoms with Gasteiger partial charge in [0.15, 0.2) is 4.77 Å². The molecule has 3 nitrogen and oxygen atoms in total. The van der Waals surface area contributed by atoms with E-state index in [1.165, 1.54) is 19.3 Å². The topological polar surface area (TPSA) is 29.9 Å². The van der Waals surface area contributed by atoms with Gasteiger partial charge in [-0.2, -0.15) is 0 Å². The van der Waals surface area contributed by atoms with Crippen LogP contribution in [0.3, 0.4) is 0 Å². The van der Waals surface area contributed by atoms with Crippen molar-refractivity contribution in [2.24, 2.45) is 0 Å². The molecule has 2 aromatic rings. The first-order valence-electron chi connectivity index (χ1n) is 6.96. The Labute approximate surface area is 119 Å². The summed E-state index contributed by atoms with van der Waals surface area (Å²) in [5, 5.41) is 0. The molecule has 0 spiro atoms. The molecule has 0 saturated heterocycles. The zero-order chi connectivity index (χ0) is 13.8. The fourth-order valence-electron chi connectivity index (χ4n) is 2.55. The zero-order valence-electron chi connectivity index (χ0n) is 11.9. The average molecular weight is 278 g/mol. The van der Waals surface area contributed by atoms with Crippen molar-refractivity contribution >= 4 is 23.3 Å². The first kappa shape index (κ1) is 14.1. The first-order chi connectivity index (χ1) is 9.19. The number of hydrogen-bond acceptors (Lipinski definition) is 2. The van der Waals surface area contributed by atoms with E-state index in [1.54, 1.807) is 7.11 Å². The van der Waals surface area contributed by atoms with E-state index in [0.29, 0.717) is 6.04 Å². The predicted molar refractivity (Wildman–Crippen MR) is 82.5 cm³/mol. The summed E-state index contributed by atoms with van der Waals surface area (Å²) < 4.78 is 8.38. The molecule has 0 bridgehead atoms. The molecule has 0 fully saturated rings. The SMILES string of the molecule is CCCCCC(C)n1c(=S)[nH]c2c(OC)cccc21. The maximum atomic E-state index is 5.47. The smallest absolute Gasteiger partial charge is 0.178 e. The Morgan fingerprint density at radius 2 is 2.16 bits per heavy atom. The molecule has 1 heterocycles. The van der Waals surface area contributed by atoms with Crippen LogP contribution in [0.1, 0.15) is 45.6 Å². The molecule has 1 N–H and O–H groups in total. The van der Waals surface area contributed by atoms with E-state index in [1.807, 2.05) is 12.1 Å². The van der Waals surface area contributed by atoms with E-state index in [0.717, 1.165) is 28.0 Å². The number of rotatable bonds is 6. The molecule has 0 amide bonds. The summed E-state index contributed by atoms with van der Waals surface area (Å²) in [7, 11) is 1.69. The number of para-hydroxylation sites is 1. The van der Waals surface area contributed by atoms with Gasteiger partial charge in [0.2, 0.25) is 0 Å². The highest BCUT2D eigenvalue weighted by Gasteiger charge is 2.13. The third kappa shape index (κ3) is 2.84. The molecule has 1 atom stereocenters. The van der Waals surface area contributed by atoms with E-state index in [-0.39, 0.29) is 0 Å². The molecule has 19 heavy (non-hydrogen) atoms. The van der Waals surface area contributed by atoms with Crippen molar-refractivity contribution in [1.29, 1.82) is 0 Å². The summed E-state index contributed by atoms with van der Waals surface area (Å²) in [4.78, 5) is 3.27. The molecule has 1 unspecified atom stereocenters. The van der Waals surface area contributed by atoms with Crippen LogP contribution in [-0.2, 0) is 0 Å². The highest BCUT2D eigenvalue weighted by atomic mass is 32.1. The second-order valence-corrected chi connectivity index (χ2v) is 5.39. The van der Waals surface area contributed by atoms with Crippen molar-refractivity contribution in [3.05, 3.63) is 23.0 Å². The Hall–Kier alpha value is -1.29. The van der Waals surface area contributed by atoms with Crippen LogP contribution in [0, 0.1) is 4.77 Å². The number of nitrogens with one attached hydrogen (secondary N) is 1. The van der Waals surface area contributed by atoms with E-state index in [9.17, 15) is 0 Å². The van der Waals surface area contributed by atoms with Crippen LogP contribution < -0.4 is 4.74 Å². The van der Waals surface area contributed by atoms with E-state index in [4.69, 9.17) is 17.0 Å². The number of benzene rings is 1. The number of methoxy groups -OCH3 is 1. The second kappa shape index (κ2) is 6.24. The van der Waals surface area contributed by atoms with E-state index in [2.05, 4.69) is 29.5 Å². The fraction of sp³-hybridized carbons (Fsp3) is 0.533. The highest BCUT2D eigenvalue weighted by Crippen LogP contribution is 2.28. The minimum absolute atomic E-state index is 0.417. The lowest BCUT2D eigenvalue weighted by molar-refractivity contribution is 0.419. The van der Waals surface area contributed by atoms with Gasteiger partial charge in [-0.15, -0.1) is 0 Å². The number of H-pyrrole nitrogens is 1. The number of hydrogen-bond donors (Lipinski definition) is 1. The van der Waals surface area contributed by atoms with Gasteiger partial charge in [0.05, 0.1) is 12.6 Å². The maximum Gasteiger partial charge on any atom is 0.178 e. The lowest BCUT2D eigenvalue weighted by atomic mass is 10.1. The van der Waals surface area contributed by atoms with Gasteiger partial charge in [-0.25, -0.2) is 0 Å². The molecule has 0 aliphatic heterocycles. The van der Waals surface area contributed by atoms with Gasteiger partial charge in [-0.1, -0.05) is 32.3 Å². The Kier molecular flexibility index (Phi) is 4.64. The lowest BCUT2D eigenvalue weighted by Gasteiger charge is -2.14. The number of unbranched alkanes of at least 4 members (excludes halogenated alkanes) is 2. The molecule has 0 saturated carbocycles. The summed E-state index contributed by atoms with van der Waals surface area (Å²) in [5.74, 6) is 0.850. The van der Waals surface area contributed by atoms with Crippen LogP contribution in [0.5, 0.6) is 5.75 Å². The van der Waals surface area contributed by atoms with Crippen LogP contribution in [0.15, 0.2) is 18.2 Å². The van der Waals surface area contributed by atoms with Crippen LogP contribution >= 0.6 is 12.2 Å². The summed E-state index contributed by atoms with van der Waals surface area (Å²) in [6.45, 7) is 4.46. The van der Waals surface area contributed by atoms with Crippen molar-refractivity contribution in [3.8, 4) is 5.75 Å². The molecule has 4 heteroatoms. The van der Waals surface area contributed by atoms with E-state index < -0.39 is 0 Å². The normalized spacial score (nSPS) is 12.8. The predicted octanol–water partition coefficient (Wildman–Crippen LogP) is 4.85. The van der Waals surface area contributed by atoms with Crippen molar-refractivity contribution in [2.45, 2.75) is 45.6 Å². The molecule has 1 aromatic heterocycles. The van der Waals surface area contributed by atoms with Gasteiger partial charge in [0, 0.05) is 6.04 Å². The summed E-state index contributed by atoms with van der Waals surface area (Å²) in [6.07, 6.45) is 4.94. The molecular formula is C15H22N2OS. The van der Waals surface area contributed by atoms with Crippen molar-refractivity contribution in [3.63, 3.8) is 0 Å². The van der Waals surface area contributed by atoms with Gasteiger partial charge < -0.3 is 14.3 Å². The Morgan fingerprint density at radius 1 is 1.37 bits per heavy atom. The van der Waals surface area contributed by atoms with Gasteiger partial charge in [0.25, 0.3) is 0 Å². The summed E-state index contributed by atoms with van der Waals surface area (Å²) >= 11 is 5.47. The summed E-state index contributed by atoms with van der Waals surface area (Å²) in [5.41, 5.74) is 2.13. The molecule has 0 radical (unpaired) electrons. The summed E-state index contributed by atoms with van der Waals surface area (Å²) in [6, 6.07) is 6.49. The van der Waals surface area contributed by atoms with Crippen LogP contribution in [-0.4, -0.2) is 16.7 Å². The van der Waals surface area contributed by atoms with Gasteiger partial charge in [-0.3, -0.25) is 0 Å². The first-order valence-corrected chi connectivity index (χ1v) is 7.37.